The minimum absolute atomic E-state index is 0.984. The van der Waals surface area contributed by atoms with Crippen LogP contribution in [0, 0.1) is 5.92 Å². The Labute approximate surface area is 64.0 Å². The van der Waals surface area contributed by atoms with E-state index in [4.69, 9.17) is 0 Å². The molecule has 0 aliphatic rings. The molecule has 0 saturated heterocycles. The SMILES string of the molecule is C=CC[C+](CC=C)CC=C. The van der Waals surface area contributed by atoms with Crippen LogP contribution in [0.4, 0.5) is 0 Å². The Balaban J connectivity index is 3.58. The Hall–Kier alpha value is -0.910. The molecule has 0 heterocycles. The maximum absolute atomic E-state index is 3.68. The van der Waals surface area contributed by atoms with Gasteiger partial charge in [0.05, 0.1) is 0 Å². The summed E-state index contributed by atoms with van der Waals surface area (Å²) in [5, 5.41) is 0. The second-order valence-electron chi connectivity index (χ2n) is 2.23. The van der Waals surface area contributed by atoms with E-state index in [2.05, 4.69) is 19.7 Å². The maximum Gasteiger partial charge on any atom is 0.109 e. The van der Waals surface area contributed by atoms with Crippen molar-refractivity contribution < 1.29 is 0 Å². The lowest BCUT2D eigenvalue weighted by molar-refractivity contribution is 0.848. The van der Waals surface area contributed by atoms with Crippen LogP contribution in [0.5, 0.6) is 0 Å². The Morgan fingerprint density at radius 3 is 1.30 bits per heavy atom. The maximum atomic E-state index is 3.68. The van der Waals surface area contributed by atoms with Crippen LogP contribution in [0.15, 0.2) is 38.0 Å². The second-order valence-corrected chi connectivity index (χ2v) is 2.23. The highest BCUT2D eigenvalue weighted by atomic mass is 14.0. The fourth-order valence-electron chi connectivity index (χ4n) is 0.862. The number of hydrogen-bond acceptors (Lipinski definition) is 0. The van der Waals surface area contributed by atoms with E-state index in [0.717, 1.165) is 19.3 Å². The smallest absolute Gasteiger partial charge is 0.0989 e. The largest absolute Gasteiger partial charge is 0.109 e. The molecule has 0 amide bonds. The standard InChI is InChI=1S/C10H15/c1-4-7-10(8-5-2)9-6-3/h4-6H,1-3,7-9H2/q+1. The van der Waals surface area contributed by atoms with Crippen molar-refractivity contribution >= 4 is 0 Å². The van der Waals surface area contributed by atoms with Gasteiger partial charge < -0.3 is 0 Å². The third-order valence-electron chi connectivity index (χ3n) is 1.30. The van der Waals surface area contributed by atoms with Gasteiger partial charge in [-0.15, -0.1) is 0 Å². The van der Waals surface area contributed by atoms with E-state index in [-0.39, 0.29) is 0 Å². The number of rotatable bonds is 6. The fourth-order valence-corrected chi connectivity index (χ4v) is 0.862. The van der Waals surface area contributed by atoms with Crippen molar-refractivity contribution in [2.24, 2.45) is 0 Å². The summed E-state index contributed by atoms with van der Waals surface area (Å²) >= 11 is 0. The first kappa shape index (κ1) is 9.09. The average Bonchev–Trinajstić information content (AvgIpc) is 1.90. The molecule has 0 radical (unpaired) electrons. The van der Waals surface area contributed by atoms with Gasteiger partial charge >= 0.3 is 0 Å². The molecule has 0 saturated carbocycles. The van der Waals surface area contributed by atoms with E-state index in [9.17, 15) is 0 Å². The van der Waals surface area contributed by atoms with Gasteiger partial charge in [-0.05, 0) is 18.2 Å². The van der Waals surface area contributed by atoms with Crippen molar-refractivity contribution in [1.29, 1.82) is 0 Å². The van der Waals surface area contributed by atoms with Crippen LogP contribution >= 0.6 is 0 Å². The van der Waals surface area contributed by atoms with E-state index < -0.39 is 0 Å². The summed E-state index contributed by atoms with van der Waals surface area (Å²) in [6, 6.07) is 0. The van der Waals surface area contributed by atoms with Crippen molar-refractivity contribution in [1.82, 2.24) is 0 Å². The van der Waals surface area contributed by atoms with Gasteiger partial charge in [0.25, 0.3) is 0 Å². The first-order valence-corrected chi connectivity index (χ1v) is 3.51. The normalized spacial score (nSPS) is 8.40. The predicted octanol–water partition coefficient (Wildman–Crippen LogP) is 3.29. The van der Waals surface area contributed by atoms with Crippen LogP contribution in [-0.4, -0.2) is 0 Å². The van der Waals surface area contributed by atoms with Gasteiger partial charge in [-0.1, -0.05) is 19.7 Å². The summed E-state index contributed by atoms with van der Waals surface area (Å²) < 4.78 is 0. The topological polar surface area (TPSA) is 0 Å². The average molecular weight is 135 g/mol. The molecule has 54 valence electrons. The van der Waals surface area contributed by atoms with Crippen molar-refractivity contribution in [2.45, 2.75) is 19.3 Å². The molecule has 0 aromatic rings. The summed E-state index contributed by atoms with van der Waals surface area (Å²) in [7, 11) is 0. The van der Waals surface area contributed by atoms with E-state index in [1.807, 2.05) is 18.2 Å². The molecule has 0 spiro atoms. The number of allylic oxidation sites excluding steroid dienone is 3. The van der Waals surface area contributed by atoms with Gasteiger partial charge in [0, 0.05) is 0 Å². The molecule has 0 bridgehead atoms. The van der Waals surface area contributed by atoms with Crippen molar-refractivity contribution in [2.75, 3.05) is 0 Å². The van der Waals surface area contributed by atoms with Gasteiger partial charge in [-0.2, -0.15) is 0 Å². The first-order chi connectivity index (χ1) is 4.85. The highest BCUT2D eigenvalue weighted by molar-refractivity contribution is 5.03. The molecule has 0 aliphatic heterocycles. The predicted molar refractivity (Wildman–Crippen MR) is 47.7 cm³/mol. The minimum atomic E-state index is 0.984. The molecule has 0 nitrogen and oxygen atoms in total. The van der Waals surface area contributed by atoms with Crippen LogP contribution in [0.2, 0.25) is 0 Å². The molecular formula is C10H15+. The highest BCUT2D eigenvalue weighted by Crippen LogP contribution is 2.16. The Morgan fingerprint density at radius 2 is 1.10 bits per heavy atom. The lowest BCUT2D eigenvalue weighted by atomic mass is 9.98. The van der Waals surface area contributed by atoms with Gasteiger partial charge in [0.1, 0.15) is 25.2 Å². The van der Waals surface area contributed by atoms with E-state index >= 15 is 0 Å². The molecule has 0 fully saturated rings. The summed E-state index contributed by atoms with van der Waals surface area (Å²) in [5.74, 6) is 1.43. The van der Waals surface area contributed by atoms with Crippen molar-refractivity contribution in [3.05, 3.63) is 43.9 Å². The van der Waals surface area contributed by atoms with Gasteiger partial charge in [0.15, 0.2) is 0 Å². The van der Waals surface area contributed by atoms with Crippen LogP contribution in [0.1, 0.15) is 19.3 Å². The van der Waals surface area contributed by atoms with Crippen LogP contribution in [0.25, 0.3) is 0 Å². The van der Waals surface area contributed by atoms with Crippen LogP contribution in [-0.2, 0) is 0 Å². The fraction of sp³-hybridized carbons (Fsp3) is 0.300. The summed E-state index contributed by atoms with van der Waals surface area (Å²) in [6.45, 7) is 11.0. The zero-order chi connectivity index (χ0) is 7.82. The zero-order valence-electron chi connectivity index (χ0n) is 6.47. The van der Waals surface area contributed by atoms with Gasteiger partial charge in [0.2, 0.25) is 0 Å². The number of hydrogen-bond donors (Lipinski definition) is 0. The summed E-state index contributed by atoms with van der Waals surface area (Å²) in [5.41, 5.74) is 0. The molecule has 0 aliphatic carbocycles. The molecular weight excluding hydrogens is 120 g/mol. The van der Waals surface area contributed by atoms with E-state index in [0.29, 0.717) is 0 Å². The Kier molecular flexibility index (Phi) is 5.65. The van der Waals surface area contributed by atoms with Gasteiger partial charge in [-0.25, -0.2) is 0 Å². The van der Waals surface area contributed by atoms with E-state index in [1.165, 1.54) is 5.92 Å². The first-order valence-electron chi connectivity index (χ1n) is 3.51. The summed E-state index contributed by atoms with van der Waals surface area (Å²) in [4.78, 5) is 0. The van der Waals surface area contributed by atoms with Gasteiger partial charge in [-0.3, -0.25) is 0 Å². The molecule has 0 N–H and O–H groups in total. The third kappa shape index (κ3) is 4.02. The highest BCUT2D eigenvalue weighted by Gasteiger charge is 2.12. The zero-order valence-corrected chi connectivity index (χ0v) is 6.47. The molecule has 0 heteroatoms. The van der Waals surface area contributed by atoms with Crippen molar-refractivity contribution in [3.8, 4) is 0 Å². The monoisotopic (exact) mass is 135 g/mol. The second kappa shape index (κ2) is 6.21. The third-order valence-corrected chi connectivity index (χ3v) is 1.30. The Morgan fingerprint density at radius 1 is 0.800 bits per heavy atom. The van der Waals surface area contributed by atoms with Crippen LogP contribution in [0.3, 0.4) is 0 Å². The molecule has 10 heavy (non-hydrogen) atoms. The minimum Gasteiger partial charge on any atom is -0.0989 e. The molecule has 0 atom stereocenters. The Bertz CT molecular complexity index is 87.4. The van der Waals surface area contributed by atoms with E-state index in [1.54, 1.807) is 0 Å². The lowest BCUT2D eigenvalue weighted by Gasteiger charge is -1.96. The van der Waals surface area contributed by atoms with Crippen molar-refractivity contribution in [3.63, 3.8) is 0 Å². The molecule has 0 aromatic carbocycles. The molecule has 0 unspecified atom stereocenters. The molecule has 0 aromatic heterocycles. The lowest BCUT2D eigenvalue weighted by Crippen LogP contribution is -1.91. The van der Waals surface area contributed by atoms with Crippen LogP contribution < -0.4 is 0 Å². The quantitative estimate of drug-likeness (QED) is 0.387. The summed E-state index contributed by atoms with van der Waals surface area (Å²) in [6.07, 6.45) is 8.71. The molecule has 0 rings (SSSR count).